The minimum Gasteiger partial charge on any atom is -0.465 e. The molecule has 5 nitrogen and oxygen atoms in total. The molecule has 0 bridgehead atoms. The number of amides is 1. The van der Waals surface area contributed by atoms with Gasteiger partial charge in [-0.2, -0.15) is 0 Å². The van der Waals surface area contributed by atoms with Crippen LogP contribution in [0.1, 0.15) is 41.0 Å². The maximum Gasteiger partial charge on any atom is 0.408 e. The predicted molar refractivity (Wildman–Crippen MR) is 83.3 cm³/mol. The van der Waals surface area contributed by atoms with E-state index < -0.39 is 17.2 Å². The second-order valence-electron chi connectivity index (χ2n) is 6.29. The number of hydrogen-bond acceptors (Lipinski definition) is 2. The van der Waals surface area contributed by atoms with E-state index in [1.807, 2.05) is 45.4 Å². The largest absolute Gasteiger partial charge is 0.465 e. The zero-order valence-corrected chi connectivity index (χ0v) is 14.3. The quantitative estimate of drug-likeness (QED) is 0.816. The lowest BCUT2D eigenvalue weighted by Gasteiger charge is -2.45. The van der Waals surface area contributed by atoms with E-state index in [1.54, 1.807) is 6.33 Å². The van der Waals surface area contributed by atoms with Gasteiger partial charge in [0.1, 0.15) is 3.70 Å². The first-order chi connectivity index (χ1) is 8.54. The van der Waals surface area contributed by atoms with Gasteiger partial charge in [-0.15, -0.1) is 0 Å². The molecule has 0 spiro atoms. The fraction of sp³-hybridized carbons (Fsp3) is 0.692. The Balaban J connectivity index is 2.80. The first-order valence-electron chi connectivity index (χ1n) is 6.24. The van der Waals surface area contributed by atoms with E-state index in [2.05, 4.69) is 27.6 Å². The summed E-state index contributed by atoms with van der Waals surface area (Å²) in [4.78, 5) is 17.2. The van der Waals surface area contributed by atoms with Gasteiger partial charge in [0, 0.05) is 23.8 Å². The predicted octanol–water partition coefficient (Wildman–Crippen LogP) is 3.43. The van der Waals surface area contributed by atoms with E-state index in [0.717, 1.165) is 16.7 Å². The third-order valence-corrected chi connectivity index (χ3v) is 3.61. The van der Waals surface area contributed by atoms with Crippen LogP contribution in [0.4, 0.5) is 4.79 Å². The van der Waals surface area contributed by atoms with Crippen LogP contribution in [0.2, 0.25) is 0 Å². The van der Waals surface area contributed by atoms with E-state index in [0.29, 0.717) is 0 Å². The lowest BCUT2D eigenvalue weighted by Crippen LogP contribution is -2.56. The summed E-state index contributed by atoms with van der Waals surface area (Å²) >= 11 is 2.16. The van der Waals surface area contributed by atoms with E-state index in [9.17, 15) is 9.90 Å². The van der Waals surface area contributed by atoms with Crippen LogP contribution in [0.15, 0.2) is 12.5 Å². The van der Waals surface area contributed by atoms with Gasteiger partial charge >= 0.3 is 6.09 Å². The van der Waals surface area contributed by atoms with Crippen LogP contribution < -0.4 is 0 Å². The molecule has 0 atom stereocenters. The molecule has 1 rings (SSSR count). The van der Waals surface area contributed by atoms with Crippen molar-refractivity contribution < 1.29 is 9.90 Å². The summed E-state index contributed by atoms with van der Waals surface area (Å²) in [5.74, 6) is 0. The Bertz CT molecular complexity index is 449. The topological polar surface area (TPSA) is 58.4 Å². The van der Waals surface area contributed by atoms with Crippen molar-refractivity contribution in [3.8, 4) is 0 Å². The van der Waals surface area contributed by atoms with Crippen LogP contribution in [0, 0.1) is 3.70 Å². The summed E-state index contributed by atoms with van der Waals surface area (Å²) < 4.78 is 2.94. The first-order valence-corrected chi connectivity index (χ1v) is 7.32. The highest BCUT2D eigenvalue weighted by Gasteiger charge is 2.38. The Labute approximate surface area is 128 Å². The molecule has 1 aromatic heterocycles. The molecule has 6 heteroatoms. The first kappa shape index (κ1) is 16.3. The van der Waals surface area contributed by atoms with Gasteiger partial charge in [-0.05, 0) is 63.6 Å². The van der Waals surface area contributed by atoms with Crippen LogP contribution in [0.5, 0.6) is 0 Å². The molecule has 0 aromatic carbocycles. The Kier molecular flexibility index (Phi) is 4.86. The highest BCUT2D eigenvalue weighted by Crippen LogP contribution is 2.28. The van der Waals surface area contributed by atoms with Gasteiger partial charge in [0.25, 0.3) is 0 Å². The van der Waals surface area contributed by atoms with Crippen LogP contribution >= 0.6 is 22.6 Å². The number of carboxylic acid groups (broad SMARTS) is 1. The minimum atomic E-state index is -0.877. The lowest BCUT2D eigenvalue weighted by atomic mass is 9.92. The molecule has 0 fully saturated rings. The van der Waals surface area contributed by atoms with Gasteiger partial charge in [-0.25, -0.2) is 9.78 Å². The molecule has 0 aliphatic rings. The Hall–Kier alpha value is -0.790. The molecule has 0 saturated heterocycles. The minimum absolute atomic E-state index is 0.418. The standard InChI is InChI=1S/C13H22IN3O2/c1-12(2,3)17(11(18)19)13(4,5)6-7-16-8-10(14)15-9-16/h8-9H,6-7H2,1-5H3,(H,18,19). The molecule has 1 N–H and O–H groups in total. The maximum atomic E-state index is 11.5. The third kappa shape index (κ3) is 4.36. The summed E-state index contributed by atoms with van der Waals surface area (Å²) in [6.45, 7) is 10.4. The van der Waals surface area contributed by atoms with E-state index in [-0.39, 0.29) is 0 Å². The number of carbonyl (C=O) groups is 1. The zero-order valence-electron chi connectivity index (χ0n) is 12.1. The number of aryl methyl sites for hydroxylation is 1. The fourth-order valence-electron chi connectivity index (χ4n) is 2.42. The smallest absolute Gasteiger partial charge is 0.408 e. The number of nitrogens with zero attached hydrogens (tertiary/aromatic N) is 3. The van der Waals surface area contributed by atoms with Crippen molar-refractivity contribution in [2.24, 2.45) is 0 Å². The van der Waals surface area contributed by atoms with Crippen LogP contribution in [-0.4, -0.2) is 36.7 Å². The normalized spacial score (nSPS) is 12.5. The molecular formula is C13H22IN3O2. The highest BCUT2D eigenvalue weighted by atomic mass is 127. The molecule has 0 aliphatic heterocycles. The molecule has 19 heavy (non-hydrogen) atoms. The second-order valence-corrected chi connectivity index (χ2v) is 7.39. The molecular weight excluding hydrogens is 357 g/mol. The van der Waals surface area contributed by atoms with Crippen LogP contribution in [-0.2, 0) is 6.54 Å². The lowest BCUT2D eigenvalue weighted by molar-refractivity contribution is 0.0271. The van der Waals surface area contributed by atoms with Gasteiger partial charge in [0.2, 0.25) is 0 Å². The summed E-state index contributed by atoms with van der Waals surface area (Å²) in [5, 5.41) is 9.45. The Morgan fingerprint density at radius 3 is 2.37 bits per heavy atom. The average molecular weight is 379 g/mol. The summed E-state index contributed by atoms with van der Waals surface area (Å²) in [6, 6.07) is 0. The summed E-state index contributed by atoms with van der Waals surface area (Å²) in [5.41, 5.74) is -0.849. The summed E-state index contributed by atoms with van der Waals surface area (Å²) in [7, 11) is 0. The Morgan fingerprint density at radius 2 is 2.00 bits per heavy atom. The van der Waals surface area contributed by atoms with Crippen molar-refractivity contribution in [2.75, 3.05) is 0 Å². The fourth-order valence-corrected chi connectivity index (χ4v) is 2.91. The molecule has 108 valence electrons. The van der Waals surface area contributed by atoms with E-state index >= 15 is 0 Å². The van der Waals surface area contributed by atoms with Crippen molar-refractivity contribution in [3.63, 3.8) is 0 Å². The van der Waals surface area contributed by atoms with Crippen molar-refractivity contribution in [3.05, 3.63) is 16.2 Å². The van der Waals surface area contributed by atoms with Crippen molar-refractivity contribution in [1.82, 2.24) is 14.5 Å². The van der Waals surface area contributed by atoms with Crippen LogP contribution in [0.3, 0.4) is 0 Å². The van der Waals surface area contributed by atoms with E-state index in [1.165, 1.54) is 4.90 Å². The van der Waals surface area contributed by atoms with Crippen LogP contribution in [0.25, 0.3) is 0 Å². The number of rotatable bonds is 4. The second kappa shape index (κ2) is 5.68. The van der Waals surface area contributed by atoms with Gasteiger partial charge in [0.05, 0.1) is 6.33 Å². The number of halogens is 1. The monoisotopic (exact) mass is 379 g/mol. The molecule has 0 saturated carbocycles. The molecule has 1 amide bonds. The van der Waals surface area contributed by atoms with Gasteiger partial charge in [-0.3, -0.25) is 4.90 Å². The average Bonchev–Trinajstić information content (AvgIpc) is 2.57. The third-order valence-electron chi connectivity index (χ3n) is 3.05. The van der Waals surface area contributed by atoms with Crippen molar-refractivity contribution >= 4 is 28.7 Å². The number of aromatic nitrogens is 2. The highest BCUT2D eigenvalue weighted by molar-refractivity contribution is 14.1. The Morgan fingerprint density at radius 1 is 1.42 bits per heavy atom. The maximum absolute atomic E-state index is 11.5. The number of hydrogen-bond donors (Lipinski definition) is 1. The zero-order chi connectivity index (χ0) is 14.8. The molecule has 0 aliphatic carbocycles. The molecule has 1 heterocycles. The molecule has 0 radical (unpaired) electrons. The van der Waals surface area contributed by atoms with E-state index in [4.69, 9.17) is 0 Å². The SMILES string of the molecule is CC(C)(C)N(C(=O)O)C(C)(C)CCn1cnc(I)c1. The molecule has 0 unspecified atom stereocenters. The summed E-state index contributed by atoms with van der Waals surface area (Å²) in [6.07, 6.45) is 3.60. The van der Waals surface area contributed by atoms with Gasteiger partial charge < -0.3 is 9.67 Å². The number of imidazole rings is 1. The van der Waals surface area contributed by atoms with Crippen molar-refractivity contribution in [1.29, 1.82) is 0 Å². The van der Waals surface area contributed by atoms with Gasteiger partial charge in [-0.1, -0.05) is 0 Å². The molecule has 1 aromatic rings. The van der Waals surface area contributed by atoms with Crippen molar-refractivity contribution in [2.45, 2.75) is 58.7 Å². The van der Waals surface area contributed by atoms with Gasteiger partial charge in [0.15, 0.2) is 0 Å².